The van der Waals surface area contributed by atoms with E-state index in [1.54, 1.807) is 0 Å². The quantitative estimate of drug-likeness (QED) is 0.742. The Hall–Kier alpha value is -0.590. The smallest absolute Gasteiger partial charge is 0.105 e. The maximum Gasteiger partial charge on any atom is 0.105 e. The summed E-state index contributed by atoms with van der Waals surface area (Å²) >= 11 is 0. The zero-order valence-electron chi connectivity index (χ0n) is 12.5. The fourth-order valence-corrected chi connectivity index (χ4v) is 2.23. The summed E-state index contributed by atoms with van der Waals surface area (Å²) in [5.74, 6) is 0. The van der Waals surface area contributed by atoms with Gasteiger partial charge in [0.1, 0.15) is 5.54 Å². The highest BCUT2D eigenvalue weighted by Crippen LogP contribution is 2.18. The van der Waals surface area contributed by atoms with Crippen molar-refractivity contribution in [1.82, 2.24) is 10.2 Å². The Kier molecular flexibility index (Phi) is 6.74. The van der Waals surface area contributed by atoms with Gasteiger partial charge in [-0.15, -0.1) is 0 Å². The van der Waals surface area contributed by atoms with Gasteiger partial charge in [-0.25, -0.2) is 0 Å². The van der Waals surface area contributed by atoms with Crippen molar-refractivity contribution in [2.24, 2.45) is 0 Å². The van der Waals surface area contributed by atoms with Gasteiger partial charge in [-0.05, 0) is 54.5 Å². The van der Waals surface area contributed by atoms with E-state index in [0.717, 1.165) is 12.8 Å². The Morgan fingerprint density at radius 1 is 1.24 bits per heavy atom. The van der Waals surface area contributed by atoms with Crippen molar-refractivity contribution in [2.45, 2.75) is 78.0 Å². The molecule has 3 unspecified atom stereocenters. The van der Waals surface area contributed by atoms with E-state index in [0.29, 0.717) is 18.1 Å². The molecule has 1 N–H and O–H groups in total. The lowest BCUT2D eigenvalue weighted by atomic mass is 9.93. The maximum atomic E-state index is 9.33. The lowest BCUT2D eigenvalue weighted by Gasteiger charge is -2.35. The summed E-state index contributed by atoms with van der Waals surface area (Å²) in [6.45, 7) is 12.8. The van der Waals surface area contributed by atoms with Gasteiger partial charge in [-0.3, -0.25) is 5.32 Å². The Labute approximate surface area is 107 Å². The summed E-state index contributed by atoms with van der Waals surface area (Å²) in [6.07, 6.45) is 1.99. The van der Waals surface area contributed by atoms with Gasteiger partial charge in [0.05, 0.1) is 6.07 Å². The number of hydrogen-bond acceptors (Lipinski definition) is 3. The summed E-state index contributed by atoms with van der Waals surface area (Å²) in [7, 11) is 2.14. The van der Waals surface area contributed by atoms with Crippen LogP contribution in [0.2, 0.25) is 0 Å². The van der Waals surface area contributed by atoms with Crippen molar-refractivity contribution in [3.05, 3.63) is 0 Å². The molecule has 0 saturated heterocycles. The summed E-state index contributed by atoms with van der Waals surface area (Å²) < 4.78 is 0. The second kappa shape index (κ2) is 6.98. The van der Waals surface area contributed by atoms with E-state index in [1.807, 2.05) is 6.92 Å². The van der Waals surface area contributed by atoms with Crippen LogP contribution < -0.4 is 5.32 Å². The van der Waals surface area contributed by atoms with E-state index >= 15 is 0 Å². The molecule has 100 valence electrons. The Balaban J connectivity index is 4.53. The molecular weight excluding hydrogens is 210 g/mol. The summed E-state index contributed by atoms with van der Waals surface area (Å²) in [4.78, 5) is 2.36. The molecule has 0 bridgehead atoms. The number of nitrogens with one attached hydrogen (secondary N) is 1. The van der Waals surface area contributed by atoms with Crippen LogP contribution >= 0.6 is 0 Å². The first-order chi connectivity index (χ1) is 7.75. The zero-order chi connectivity index (χ0) is 13.6. The molecule has 17 heavy (non-hydrogen) atoms. The largest absolute Gasteiger partial charge is 0.301 e. The lowest BCUT2D eigenvalue weighted by molar-refractivity contribution is 0.160. The molecule has 0 heterocycles. The molecule has 3 atom stereocenters. The predicted molar refractivity (Wildman–Crippen MR) is 73.9 cm³/mol. The van der Waals surface area contributed by atoms with E-state index in [9.17, 15) is 5.26 Å². The van der Waals surface area contributed by atoms with Crippen LogP contribution in [-0.4, -0.2) is 35.6 Å². The van der Waals surface area contributed by atoms with Gasteiger partial charge in [-0.2, -0.15) is 5.26 Å². The van der Waals surface area contributed by atoms with Gasteiger partial charge >= 0.3 is 0 Å². The minimum absolute atomic E-state index is 0.334. The molecule has 0 aliphatic rings. The molecule has 0 saturated carbocycles. The summed E-state index contributed by atoms with van der Waals surface area (Å²) in [6, 6.07) is 3.71. The van der Waals surface area contributed by atoms with Crippen LogP contribution in [0.1, 0.15) is 54.4 Å². The molecule has 0 aromatic rings. The first-order valence-corrected chi connectivity index (χ1v) is 6.66. The van der Waals surface area contributed by atoms with Crippen LogP contribution in [0.5, 0.6) is 0 Å². The Bertz CT molecular complexity index is 257. The minimum atomic E-state index is -0.435. The fourth-order valence-electron chi connectivity index (χ4n) is 2.23. The van der Waals surface area contributed by atoms with Crippen molar-refractivity contribution < 1.29 is 0 Å². The van der Waals surface area contributed by atoms with Gasteiger partial charge in [-0.1, -0.05) is 6.92 Å². The second-order valence-corrected chi connectivity index (χ2v) is 5.72. The fraction of sp³-hybridized carbons (Fsp3) is 0.929. The van der Waals surface area contributed by atoms with E-state index in [-0.39, 0.29) is 0 Å². The predicted octanol–water partition coefficient (Wildman–Crippen LogP) is 2.78. The maximum absolute atomic E-state index is 9.33. The molecule has 0 spiro atoms. The highest BCUT2D eigenvalue weighted by Gasteiger charge is 2.29. The van der Waals surface area contributed by atoms with E-state index < -0.39 is 5.54 Å². The monoisotopic (exact) mass is 239 g/mol. The standard InChI is InChI=1S/C14H29N3/c1-8-12(4)17(7)13(5)9-14(6,10-15)16-11(2)3/h11-13,16H,8-9H2,1-7H3. The average molecular weight is 239 g/mol. The number of hydrogen-bond donors (Lipinski definition) is 1. The van der Waals surface area contributed by atoms with Crippen LogP contribution in [0, 0.1) is 11.3 Å². The number of rotatable bonds is 7. The third-order valence-electron chi connectivity index (χ3n) is 3.54. The Morgan fingerprint density at radius 2 is 1.76 bits per heavy atom. The summed E-state index contributed by atoms with van der Waals surface area (Å²) in [5.41, 5.74) is -0.435. The molecule has 0 amide bonds. The van der Waals surface area contributed by atoms with Gasteiger partial charge in [0.15, 0.2) is 0 Å². The molecule has 0 aromatic carbocycles. The van der Waals surface area contributed by atoms with Crippen molar-refractivity contribution in [1.29, 1.82) is 5.26 Å². The first kappa shape index (κ1) is 16.4. The van der Waals surface area contributed by atoms with Gasteiger partial charge in [0.25, 0.3) is 0 Å². The molecule has 0 aliphatic carbocycles. The third kappa shape index (κ3) is 5.52. The van der Waals surface area contributed by atoms with Crippen LogP contribution in [0.25, 0.3) is 0 Å². The normalized spacial score (nSPS) is 18.8. The Morgan fingerprint density at radius 3 is 2.12 bits per heavy atom. The van der Waals surface area contributed by atoms with Gasteiger partial charge in [0, 0.05) is 18.1 Å². The zero-order valence-corrected chi connectivity index (χ0v) is 12.5. The molecule has 0 aliphatic heterocycles. The molecule has 0 fully saturated rings. The highest BCUT2D eigenvalue weighted by molar-refractivity contribution is 5.06. The molecule has 0 rings (SSSR count). The molecule has 0 aromatic heterocycles. The van der Waals surface area contributed by atoms with Crippen LogP contribution in [0.3, 0.4) is 0 Å². The van der Waals surface area contributed by atoms with Crippen molar-refractivity contribution >= 4 is 0 Å². The van der Waals surface area contributed by atoms with Crippen molar-refractivity contribution in [3.8, 4) is 6.07 Å². The van der Waals surface area contributed by atoms with Gasteiger partial charge in [0.2, 0.25) is 0 Å². The van der Waals surface area contributed by atoms with Crippen molar-refractivity contribution in [2.75, 3.05) is 7.05 Å². The lowest BCUT2D eigenvalue weighted by Crippen LogP contribution is -2.50. The highest BCUT2D eigenvalue weighted by atomic mass is 15.2. The topological polar surface area (TPSA) is 39.1 Å². The van der Waals surface area contributed by atoms with Gasteiger partial charge < -0.3 is 4.90 Å². The number of nitriles is 1. The first-order valence-electron chi connectivity index (χ1n) is 6.66. The molecular formula is C14H29N3. The second-order valence-electron chi connectivity index (χ2n) is 5.72. The SMILES string of the molecule is CCC(C)N(C)C(C)CC(C)(C#N)NC(C)C. The van der Waals surface area contributed by atoms with Crippen LogP contribution in [0.15, 0.2) is 0 Å². The minimum Gasteiger partial charge on any atom is -0.301 e. The van der Waals surface area contributed by atoms with E-state index in [2.05, 4.69) is 58.0 Å². The van der Waals surface area contributed by atoms with E-state index in [4.69, 9.17) is 0 Å². The molecule has 3 heteroatoms. The van der Waals surface area contributed by atoms with Crippen LogP contribution in [0.4, 0.5) is 0 Å². The summed E-state index contributed by atoms with van der Waals surface area (Å²) in [5, 5.41) is 12.7. The average Bonchev–Trinajstić information content (AvgIpc) is 2.25. The molecule has 0 radical (unpaired) electrons. The van der Waals surface area contributed by atoms with Crippen LogP contribution in [-0.2, 0) is 0 Å². The van der Waals surface area contributed by atoms with E-state index in [1.165, 1.54) is 0 Å². The third-order valence-corrected chi connectivity index (χ3v) is 3.54. The molecule has 3 nitrogen and oxygen atoms in total. The van der Waals surface area contributed by atoms with Crippen molar-refractivity contribution in [3.63, 3.8) is 0 Å². The number of nitrogens with zero attached hydrogens (tertiary/aromatic N) is 2.